The van der Waals surface area contributed by atoms with Crippen LogP contribution in [0.25, 0.3) is 0 Å². The SMILES string of the molecule is C=C(C)C[C@H](NC(=O)[C@H](Cc1ccc(OC)cc1)NC(=O)C(F)(F)F)C(=O)N1CCCc2ccccc21. The van der Waals surface area contributed by atoms with Crippen LogP contribution in [0.5, 0.6) is 5.75 Å². The van der Waals surface area contributed by atoms with E-state index in [1.54, 1.807) is 41.4 Å². The molecule has 0 radical (unpaired) electrons. The Balaban J connectivity index is 1.85. The Morgan fingerprint density at radius 2 is 1.73 bits per heavy atom. The van der Waals surface area contributed by atoms with Gasteiger partial charge in [-0.15, -0.1) is 6.58 Å². The molecule has 2 aromatic rings. The van der Waals surface area contributed by atoms with E-state index in [-0.39, 0.29) is 12.8 Å². The molecule has 10 heteroatoms. The first kappa shape index (κ1) is 27.8. The molecule has 3 amide bonds. The summed E-state index contributed by atoms with van der Waals surface area (Å²) in [5.74, 6) is -3.01. The third-order valence-electron chi connectivity index (χ3n) is 6.02. The van der Waals surface area contributed by atoms with Crippen LogP contribution in [0.4, 0.5) is 18.9 Å². The van der Waals surface area contributed by atoms with Crippen LogP contribution in [-0.4, -0.2) is 49.6 Å². The number of alkyl halides is 3. The van der Waals surface area contributed by atoms with Gasteiger partial charge in [0, 0.05) is 18.7 Å². The van der Waals surface area contributed by atoms with Gasteiger partial charge in [-0.2, -0.15) is 13.2 Å². The zero-order valence-corrected chi connectivity index (χ0v) is 20.7. The van der Waals surface area contributed by atoms with Crippen molar-refractivity contribution < 1.29 is 32.3 Å². The van der Waals surface area contributed by atoms with E-state index in [1.165, 1.54) is 7.11 Å². The second-order valence-corrected chi connectivity index (χ2v) is 9.02. The summed E-state index contributed by atoms with van der Waals surface area (Å²) in [6.07, 6.45) is -3.77. The van der Waals surface area contributed by atoms with Crippen molar-refractivity contribution in [1.29, 1.82) is 0 Å². The number of hydrogen-bond acceptors (Lipinski definition) is 4. The van der Waals surface area contributed by atoms with Crippen LogP contribution in [0.15, 0.2) is 60.7 Å². The molecule has 2 aromatic carbocycles. The molecule has 2 atom stereocenters. The molecule has 0 unspecified atom stereocenters. The molecule has 198 valence electrons. The third-order valence-corrected chi connectivity index (χ3v) is 6.02. The van der Waals surface area contributed by atoms with Gasteiger partial charge in [-0.25, -0.2) is 0 Å². The Labute approximate surface area is 213 Å². The summed E-state index contributed by atoms with van der Waals surface area (Å²) >= 11 is 0. The predicted octanol–water partition coefficient (Wildman–Crippen LogP) is 3.72. The number of nitrogens with zero attached hydrogens (tertiary/aromatic N) is 1. The highest BCUT2D eigenvalue weighted by Crippen LogP contribution is 2.28. The van der Waals surface area contributed by atoms with Crippen LogP contribution in [0, 0.1) is 0 Å². The van der Waals surface area contributed by atoms with E-state index in [0.717, 1.165) is 24.1 Å². The number of anilines is 1. The van der Waals surface area contributed by atoms with Crippen LogP contribution in [0.1, 0.15) is 30.9 Å². The number of amides is 3. The maximum Gasteiger partial charge on any atom is 0.471 e. The highest BCUT2D eigenvalue weighted by Gasteiger charge is 2.41. The van der Waals surface area contributed by atoms with E-state index >= 15 is 0 Å². The minimum absolute atomic E-state index is 0.0890. The Kier molecular flexibility index (Phi) is 8.96. The second-order valence-electron chi connectivity index (χ2n) is 9.02. The van der Waals surface area contributed by atoms with Gasteiger partial charge in [-0.05, 0) is 55.5 Å². The fourth-order valence-corrected chi connectivity index (χ4v) is 4.22. The molecule has 0 aliphatic carbocycles. The molecule has 0 saturated carbocycles. The van der Waals surface area contributed by atoms with Crippen molar-refractivity contribution in [2.75, 3.05) is 18.6 Å². The number of hydrogen-bond donors (Lipinski definition) is 2. The van der Waals surface area contributed by atoms with Crippen molar-refractivity contribution in [3.8, 4) is 5.75 Å². The fraction of sp³-hybridized carbons (Fsp3) is 0.370. The number of fused-ring (bicyclic) bond motifs is 1. The second kappa shape index (κ2) is 11.9. The van der Waals surface area contributed by atoms with E-state index < -0.39 is 36.0 Å². The first-order valence-corrected chi connectivity index (χ1v) is 11.8. The van der Waals surface area contributed by atoms with Crippen LogP contribution < -0.4 is 20.3 Å². The minimum Gasteiger partial charge on any atom is -0.497 e. The molecular weight excluding hydrogens is 487 g/mol. The number of carbonyl (C=O) groups is 3. The van der Waals surface area contributed by atoms with Gasteiger partial charge in [-0.3, -0.25) is 14.4 Å². The van der Waals surface area contributed by atoms with Crippen molar-refractivity contribution >= 4 is 23.4 Å². The maximum atomic E-state index is 13.6. The number of rotatable bonds is 9. The summed E-state index contributed by atoms with van der Waals surface area (Å²) in [7, 11) is 1.47. The molecule has 1 heterocycles. The van der Waals surface area contributed by atoms with Gasteiger partial charge in [0.1, 0.15) is 17.8 Å². The summed E-state index contributed by atoms with van der Waals surface area (Å²) in [4.78, 5) is 40.1. The summed E-state index contributed by atoms with van der Waals surface area (Å²) in [5, 5.41) is 4.35. The molecule has 0 bridgehead atoms. The molecule has 0 fully saturated rings. The van der Waals surface area contributed by atoms with Crippen molar-refractivity contribution in [3.63, 3.8) is 0 Å². The normalized spacial score (nSPS) is 14.7. The maximum absolute atomic E-state index is 13.6. The molecule has 0 aromatic heterocycles. The van der Waals surface area contributed by atoms with Crippen LogP contribution in [-0.2, 0) is 27.2 Å². The van der Waals surface area contributed by atoms with Gasteiger partial charge < -0.3 is 20.3 Å². The van der Waals surface area contributed by atoms with Crippen molar-refractivity contribution in [2.45, 2.75) is 50.9 Å². The highest BCUT2D eigenvalue weighted by molar-refractivity contribution is 6.01. The van der Waals surface area contributed by atoms with E-state index in [2.05, 4.69) is 11.9 Å². The van der Waals surface area contributed by atoms with Gasteiger partial charge in [0.15, 0.2) is 0 Å². The summed E-state index contributed by atoms with van der Waals surface area (Å²) in [6.45, 7) is 5.97. The van der Waals surface area contributed by atoms with Gasteiger partial charge >= 0.3 is 12.1 Å². The van der Waals surface area contributed by atoms with Crippen LogP contribution in [0.2, 0.25) is 0 Å². The van der Waals surface area contributed by atoms with Gasteiger partial charge in [-0.1, -0.05) is 35.9 Å². The molecule has 0 saturated heterocycles. The van der Waals surface area contributed by atoms with E-state index in [0.29, 0.717) is 23.4 Å². The van der Waals surface area contributed by atoms with E-state index in [9.17, 15) is 27.6 Å². The average molecular weight is 518 g/mol. The number of benzene rings is 2. The zero-order chi connectivity index (χ0) is 27.2. The molecule has 37 heavy (non-hydrogen) atoms. The quantitative estimate of drug-likeness (QED) is 0.497. The lowest BCUT2D eigenvalue weighted by Crippen LogP contribution is -2.57. The van der Waals surface area contributed by atoms with Gasteiger partial charge in [0.2, 0.25) is 11.8 Å². The van der Waals surface area contributed by atoms with Gasteiger partial charge in [0.25, 0.3) is 0 Å². The van der Waals surface area contributed by atoms with Gasteiger partial charge in [0.05, 0.1) is 7.11 Å². The van der Waals surface area contributed by atoms with Crippen molar-refractivity contribution in [3.05, 3.63) is 71.8 Å². The smallest absolute Gasteiger partial charge is 0.471 e. The van der Waals surface area contributed by atoms with E-state index in [1.807, 2.05) is 24.3 Å². The molecule has 7 nitrogen and oxygen atoms in total. The molecule has 1 aliphatic rings. The Hall–Kier alpha value is -3.82. The highest BCUT2D eigenvalue weighted by atomic mass is 19.4. The third kappa shape index (κ3) is 7.34. The molecular formula is C27H30F3N3O4. The monoisotopic (exact) mass is 517 g/mol. The lowest BCUT2D eigenvalue weighted by atomic mass is 9.99. The predicted molar refractivity (Wildman–Crippen MR) is 133 cm³/mol. The Morgan fingerprint density at radius 3 is 2.35 bits per heavy atom. The lowest BCUT2D eigenvalue weighted by molar-refractivity contribution is -0.174. The molecule has 1 aliphatic heterocycles. The standard InChI is InChI=1S/C27H30F3N3O4/c1-17(2)15-22(25(35)33-14-6-8-19-7-4-5-9-23(19)33)31-24(34)21(32-26(36)27(28,29)30)16-18-10-12-20(37-3)13-11-18/h4-5,7,9-13,21-22H,1,6,8,14-16H2,2-3H3,(H,31,34)(H,32,36)/t21-,22-/m0/s1. The largest absolute Gasteiger partial charge is 0.497 e. The Morgan fingerprint density at radius 1 is 1.05 bits per heavy atom. The molecule has 3 rings (SSSR count). The van der Waals surface area contributed by atoms with Crippen molar-refractivity contribution in [1.82, 2.24) is 10.6 Å². The average Bonchev–Trinajstić information content (AvgIpc) is 2.86. The number of aryl methyl sites for hydroxylation is 1. The number of methoxy groups -OCH3 is 1. The number of carbonyl (C=O) groups excluding carboxylic acids is 3. The van der Waals surface area contributed by atoms with Crippen LogP contribution in [0.3, 0.4) is 0 Å². The summed E-state index contributed by atoms with van der Waals surface area (Å²) in [5.41, 5.74) is 2.84. The first-order valence-electron chi connectivity index (χ1n) is 11.8. The number of halogens is 3. The number of ether oxygens (including phenoxy) is 1. The van der Waals surface area contributed by atoms with Crippen LogP contribution >= 0.6 is 0 Å². The lowest BCUT2D eigenvalue weighted by Gasteiger charge is -2.33. The fourth-order valence-electron chi connectivity index (χ4n) is 4.22. The topological polar surface area (TPSA) is 87.7 Å². The molecule has 2 N–H and O–H groups in total. The molecule has 0 spiro atoms. The minimum atomic E-state index is -5.18. The number of nitrogens with one attached hydrogen (secondary N) is 2. The summed E-state index contributed by atoms with van der Waals surface area (Å²) < 4.78 is 44.2. The first-order chi connectivity index (χ1) is 17.5. The zero-order valence-electron chi connectivity index (χ0n) is 20.7. The Bertz CT molecular complexity index is 1150. The van der Waals surface area contributed by atoms with Crippen molar-refractivity contribution in [2.24, 2.45) is 0 Å². The summed E-state index contributed by atoms with van der Waals surface area (Å²) in [6, 6.07) is 11.2. The van der Waals surface area contributed by atoms with E-state index in [4.69, 9.17) is 4.74 Å². The number of para-hydroxylation sites is 1.